The normalized spacial score (nSPS) is 13.1. The fourth-order valence-corrected chi connectivity index (χ4v) is 1.80. The molecule has 1 aromatic rings. The molecule has 0 spiro atoms. The number of rotatable bonds is 6. The number of hydrogen-bond acceptors (Lipinski definition) is 4. The Morgan fingerprint density at radius 2 is 2.06 bits per heavy atom. The van der Waals surface area contributed by atoms with Crippen molar-refractivity contribution in [1.82, 2.24) is 9.78 Å². The SMILES string of the molecule is CC(O)CCCNc1c(N)c(C(C)C)nn1C. The Labute approximate surface area is 103 Å². The van der Waals surface area contributed by atoms with Gasteiger partial charge in [0.2, 0.25) is 0 Å². The van der Waals surface area contributed by atoms with Gasteiger partial charge in [-0.05, 0) is 25.7 Å². The maximum Gasteiger partial charge on any atom is 0.147 e. The molecular weight excluding hydrogens is 216 g/mol. The standard InChI is InChI=1S/C12H24N4O/c1-8(2)11-10(13)12(16(4)15-11)14-7-5-6-9(3)17/h8-9,14,17H,5-7,13H2,1-4H3. The van der Waals surface area contributed by atoms with E-state index in [0.29, 0.717) is 5.92 Å². The second kappa shape index (κ2) is 5.91. The number of nitrogen functional groups attached to an aromatic ring is 1. The summed E-state index contributed by atoms with van der Waals surface area (Å²) < 4.78 is 1.78. The molecule has 0 amide bonds. The van der Waals surface area contributed by atoms with Crippen molar-refractivity contribution in [2.24, 2.45) is 7.05 Å². The van der Waals surface area contributed by atoms with Gasteiger partial charge in [-0.2, -0.15) is 5.10 Å². The van der Waals surface area contributed by atoms with Crippen molar-refractivity contribution in [3.63, 3.8) is 0 Å². The summed E-state index contributed by atoms with van der Waals surface area (Å²) in [4.78, 5) is 0. The number of anilines is 2. The van der Waals surface area contributed by atoms with Gasteiger partial charge in [0.25, 0.3) is 0 Å². The molecule has 17 heavy (non-hydrogen) atoms. The molecule has 5 nitrogen and oxygen atoms in total. The molecule has 0 aliphatic carbocycles. The first-order valence-corrected chi connectivity index (χ1v) is 6.17. The molecule has 0 radical (unpaired) electrons. The second-order valence-electron chi connectivity index (χ2n) is 4.84. The van der Waals surface area contributed by atoms with Gasteiger partial charge in [-0.15, -0.1) is 0 Å². The largest absolute Gasteiger partial charge is 0.394 e. The minimum Gasteiger partial charge on any atom is -0.394 e. The Kier molecular flexibility index (Phi) is 4.81. The van der Waals surface area contributed by atoms with Crippen LogP contribution in [0, 0.1) is 0 Å². The lowest BCUT2D eigenvalue weighted by atomic mass is 10.1. The van der Waals surface area contributed by atoms with Crippen LogP contribution in [0.3, 0.4) is 0 Å². The van der Waals surface area contributed by atoms with E-state index >= 15 is 0 Å². The first-order chi connectivity index (χ1) is 7.93. The predicted molar refractivity (Wildman–Crippen MR) is 71.1 cm³/mol. The van der Waals surface area contributed by atoms with E-state index in [9.17, 15) is 0 Å². The summed E-state index contributed by atoms with van der Waals surface area (Å²) in [6, 6.07) is 0. The molecule has 1 aromatic heterocycles. The van der Waals surface area contributed by atoms with Crippen molar-refractivity contribution >= 4 is 11.5 Å². The van der Waals surface area contributed by atoms with Crippen LogP contribution in [0.15, 0.2) is 0 Å². The van der Waals surface area contributed by atoms with E-state index in [4.69, 9.17) is 10.8 Å². The lowest BCUT2D eigenvalue weighted by Gasteiger charge is -2.08. The number of aromatic nitrogens is 2. The minimum absolute atomic E-state index is 0.244. The first kappa shape index (κ1) is 13.8. The molecule has 5 heteroatoms. The van der Waals surface area contributed by atoms with Crippen molar-refractivity contribution in [3.05, 3.63) is 5.69 Å². The van der Waals surface area contributed by atoms with Crippen LogP contribution in [0.4, 0.5) is 11.5 Å². The van der Waals surface area contributed by atoms with Crippen LogP contribution < -0.4 is 11.1 Å². The molecule has 0 saturated carbocycles. The van der Waals surface area contributed by atoms with Gasteiger partial charge in [-0.3, -0.25) is 4.68 Å². The Morgan fingerprint density at radius 1 is 1.41 bits per heavy atom. The fraction of sp³-hybridized carbons (Fsp3) is 0.750. The van der Waals surface area contributed by atoms with Gasteiger partial charge in [0.1, 0.15) is 5.82 Å². The van der Waals surface area contributed by atoms with Crippen LogP contribution in [-0.4, -0.2) is 27.5 Å². The van der Waals surface area contributed by atoms with Crippen LogP contribution in [0.2, 0.25) is 0 Å². The number of hydrogen-bond donors (Lipinski definition) is 3. The van der Waals surface area contributed by atoms with E-state index in [1.807, 2.05) is 7.05 Å². The Morgan fingerprint density at radius 3 is 2.53 bits per heavy atom. The number of nitrogens with two attached hydrogens (primary N) is 1. The molecule has 0 bridgehead atoms. The van der Waals surface area contributed by atoms with Gasteiger partial charge in [-0.1, -0.05) is 13.8 Å². The van der Waals surface area contributed by atoms with Crippen molar-refractivity contribution in [2.75, 3.05) is 17.6 Å². The Hall–Kier alpha value is -1.23. The summed E-state index contributed by atoms with van der Waals surface area (Å²) in [7, 11) is 1.89. The Bertz CT molecular complexity index is 358. The zero-order chi connectivity index (χ0) is 13.0. The first-order valence-electron chi connectivity index (χ1n) is 6.17. The topological polar surface area (TPSA) is 76.1 Å². The number of aliphatic hydroxyl groups excluding tert-OH is 1. The summed E-state index contributed by atoms with van der Waals surface area (Å²) >= 11 is 0. The third-order valence-corrected chi connectivity index (χ3v) is 2.75. The van der Waals surface area contributed by atoms with Crippen LogP contribution in [0.1, 0.15) is 45.2 Å². The highest BCUT2D eigenvalue weighted by molar-refractivity contribution is 5.65. The average Bonchev–Trinajstić information content (AvgIpc) is 2.50. The molecule has 0 fully saturated rings. The van der Waals surface area contributed by atoms with Crippen LogP contribution >= 0.6 is 0 Å². The second-order valence-corrected chi connectivity index (χ2v) is 4.84. The lowest BCUT2D eigenvalue weighted by molar-refractivity contribution is 0.183. The summed E-state index contributed by atoms with van der Waals surface area (Å²) in [6.45, 7) is 6.76. The van der Waals surface area contributed by atoms with E-state index in [1.54, 1.807) is 11.6 Å². The third-order valence-electron chi connectivity index (χ3n) is 2.75. The summed E-state index contributed by atoms with van der Waals surface area (Å²) in [6.07, 6.45) is 1.47. The van der Waals surface area contributed by atoms with Gasteiger partial charge in [0.05, 0.1) is 17.5 Å². The summed E-state index contributed by atoms with van der Waals surface area (Å²) in [5, 5.41) is 16.8. The molecule has 1 rings (SSSR count). The van der Waals surface area contributed by atoms with E-state index in [2.05, 4.69) is 24.3 Å². The van der Waals surface area contributed by atoms with E-state index in [1.165, 1.54) is 0 Å². The molecule has 0 aromatic carbocycles. The molecular formula is C12H24N4O. The molecule has 0 saturated heterocycles. The smallest absolute Gasteiger partial charge is 0.147 e. The van der Waals surface area contributed by atoms with Crippen molar-refractivity contribution in [2.45, 2.75) is 45.6 Å². The molecule has 1 unspecified atom stereocenters. The highest BCUT2D eigenvalue weighted by atomic mass is 16.3. The quantitative estimate of drug-likeness (QED) is 0.661. The van der Waals surface area contributed by atoms with Gasteiger partial charge >= 0.3 is 0 Å². The highest BCUT2D eigenvalue weighted by Gasteiger charge is 2.15. The molecule has 1 atom stereocenters. The zero-order valence-corrected chi connectivity index (χ0v) is 11.2. The zero-order valence-electron chi connectivity index (χ0n) is 11.2. The molecule has 1 heterocycles. The van der Waals surface area contributed by atoms with E-state index in [0.717, 1.165) is 36.6 Å². The van der Waals surface area contributed by atoms with Gasteiger partial charge in [0.15, 0.2) is 0 Å². The van der Waals surface area contributed by atoms with Crippen molar-refractivity contribution in [1.29, 1.82) is 0 Å². The van der Waals surface area contributed by atoms with Crippen molar-refractivity contribution in [3.8, 4) is 0 Å². The van der Waals surface area contributed by atoms with Crippen LogP contribution in [0.5, 0.6) is 0 Å². The molecule has 0 aliphatic heterocycles. The van der Waals surface area contributed by atoms with Gasteiger partial charge in [0, 0.05) is 13.6 Å². The summed E-state index contributed by atoms with van der Waals surface area (Å²) in [5.41, 5.74) is 7.72. The number of nitrogens with zero attached hydrogens (tertiary/aromatic N) is 2. The fourth-order valence-electron chi connectivity index (χ4n) is 1.80. The van der Waals surface area contributed by atoms with Gasteiger partial charge in [-0.25, -0.2) is 0 Å². The minimum atomic E-state index is -0.244. The molecule has 0 aliphatic rings. The van der Waals surface area contributed by atoms with Crippen molar-refractivity contribution < 1.29 is 5.11 Å². The third kappa shape index (κ3) is 3.63. The molecule has 4 N–H and O–H groups in total. The maximum atomic E-state index is 9.17. The lowest BCUT2D eigenvalue weighted by Crippen LogP contribution is -2.10. The molecule has 98 valence electrons. The van der Waals surface area contributed by atoms with E-state index in [-0.39, 0.29) is 6.10 Å². The predicted octanol–water partition coefficient (Wildman–Crippen LogP) is 1.70. The average molecular weight is 240 g/mol. The number of aryl methyl sites for hydroxylation is 1. The maximum absolute atomic E-state index is 9.17. The summed E-state index contributed by atoms with van der Waals surface area (Å²) in [5.74, 6) is 1.20. The van der Waals surface area contributed by atoms with Crippen LogP contribution in [0.25, 0.3) is 0 Å². The Balaban J connectivity index is 2.59. The highest BCUT2D eigenvalue weighted by Crippen LogP contribution is 2.27. The number of nitrogens with one attached hydrogen (secondary N) is 1. The number of aliphatic hydroxyl groups is 1. The van der Waals surface area contributed by atoms with E-state index < -0.39 is 0 Å². The van der Waals surface area contributed by atoms with Gasteiger partial charge < -0.3 is 16.2 Å². The van der Waals surface area contributed by atoms with Crippen LogP contribution in [-0.2, 0) is 7.05 Å². The monoisotopic (exact) mass is 240 g/mol.